The number of carbonyl (C=O) groups excluding carboxylic acids is 2. The summed E-state index contributed by atoms with van der Waals surface area (Å²) in [5.41, 5.74) is 0. The molecule has 1 N–H and O–H groups in total. The van der Waals surface area contributed by atoms with Gasteiger partial charge in [-0.25, -0.2) is 4.79 Å². The van der Waals surface area contributed by atoms with Gasteiger partial charge in [0.15, 0.2) is 6.04 Å². The fraction of sp³-hybridized carbons (Fsp3) is 0.462. The molecule has 0 bridgehead atoms. The second-order valence-electron chi connectivity index (χ2n) is 4.78. The highest BCUT2D eigenvalue weighted by molar-refractivity contribution is 9.11. The Bertz CT molecular complexity index is 591. The standard InChI is InChI=1S/C13H15BrN2O5S/c1-15(12(18)9-2-3-10(14)22-9)6-11(17)16-4-5-21-7-8(16)13(19)20/h2-3,8H,4-7H2,1H3,(H,19,20). The topological polar surface area (TPSA) is 87.2 Å². The monoisotopic (exact) mass is 390 g/mol. The highest BCUT2D eigenvalue weighted by atomic mass is 79.9. The molecule has 9 heteroatoms. The van der Waals surface area contributed by atoms with Crippen LogP contribution >= 0.6 is 27.3 Å². The summed E-state index contributed by atoms with van der Waals surface area (Å²) in [6, 6.07) is 2.43. The number of morpholine rings is 1. The minimum absolute atomic E-state index is 0.0311. The van der Waals surface area contributed by atoms with Crippen molar-refractivity contribution in [3.05, 3.63) is 20.8 Å². The van der Waals surface area contributed by atoms with E-state index in [4.69, 9.17) is 9.84 Å². The first-order valence-corrected chi connectivity index (χ1v) is 8.12. The van der Waals surface area contributed by atoms with Gasteiger partial charge in [-0.05, 0) is 28.1 Å². The molecule has 1 saturated heterocycles. The number of carboxylic acids is 1. The summed E-state index contributed by atoms with van der Waals surface area (Å²) in [4.78, 5) is 38.7. The van der Waals surface area contributed by atoms with Crippen molar-refractivity contribution < 1.29 is 24.2 Å². The molecule has 1 atom stereocenters. The molecular weight excluding hydrogens is 376 g/mol. The summed E-state index contributed by atoms with van der Waals surface area (Å²) < 4.78 is 5.92. The quantitative estimate of drug-likeness (QED) is 0.824. The van der Waals surface area contributed by atoms with E-state index in [0.29, 0.717) is 11.5 Å². The molecule has 0 saturated carbocycles. The molecule has 1 aromatic heterocycles. The molecule has 1 aliphatic heterocycles. The van der Waals surface area contributed by atoms with E-state index in [2.05, 4.69) is 15.9 Å². The van der Waals surface area contributed by atoms with Gasteiger partial charge in [0, 0.05) is 13.6 Å². The van der Waals surface area contributed by atoms with E-state index in [-0.39, 0.29) is 25.6 Å². The van der Waals surface area contributed by atoms with E-state index in [9.17, 15) is 14.4 Å². The SMILES string of the molecule is CN(CC(=O)N1CCOCC1C(=O)O)C(=O)c1ccc(Br)s1. The second-order valence-corrected chi connectivity index (χ2v) is 7.24. The van der Waals surface area contributed by atoms with E-state index in [0.717, 1.165) is 3.79 Å². The Hall–Kier alpha value is -1.45. The lowest BCUT2D eigenvalue weighted by Gasteiger charge is -2.33. The van der Waals surface area contributed by atoms with Crippen molar-refractivity contribution in [3.8, 4) is 0 Å². The van der Waals surface area contributed by atoms with Crippen LogP contribution in [0.4, 0.5) is 0 Å². The first kappa shape index (κ1) is 16.9. The minimum atomic E-state index is -1.11. The van der Waals surface area contributed by atoms with Crippen LogP contribution in [0.3, 0.4) is 0 Å². The molecular formula is C13H15BrN2O5S. The molecule has 0 spiro atoms. The lowest BCUT2D eigenvalue weighted by Crippen LogP contribution is -2.55. The van der Waals surface area contributed by atoms with Crippen molar-refractivity contribution in [1.82, 2.24) is 9.80 Å². The molecule has 0 radical (unpaired) electrons. The molecule has 1 aromatic rings. The van der Waals surface area contributed by atoms with Crippen molar-refractivity contribution in [2.45, 2.75) is 6.04 Å². The van der Waals surface area contributed by atoms with Gasteiger partial charge in [0.1, 0.15) is 0 Å². The van der Waals surface area contributed by atoms with Gasteiger partial charge in [-0.1, -0.05) is 0 Å². The summed E-state index contributed by atoms with van der Waals surface area (Å²) >= 11 is 4.56. The van der Waals surface area contributed by atoms with Crippen molar-refractivity contribution in [1.29, 1.82) is 0 Å². The molecule has 2 amide bonds. The van der Waals surface area contributed by atoms with Crippen molar-refractivity contribution in [2.75, 3.05) is 33.4 Å². The Morgan fingerprint density at radius 1 is 1.50 bits per heavy atom. The zero-order valence-corrected chi connectivity index (χ0v) is 14.2. The van der Waals surface area contributed by atoms with Crippen LogP contribution in [0.2, 0.25) is 0 Å². The first-order valence-electron chi connectivity index (χ1n) is 6.51. The van der Waals surface area contributed by atoms with Crippen LogP contribution in [0.1, 0.15) is 9.67 Å². The van der Waals surface area contributed by atoms with Crippen LogP contribution in [0, 0.1) is 0 Å². The van der Waals surface area contributed by atoms with Crippen LogP contribution in [0.25, 0.3) is 0 Å². The maximum atomic E-state index is 12.3. The molecule has 1 fully saturated rings. The molecule has 1 aliphatic rings. The van der Waals surface area contributed by atoms with E-state index >= 15 is 0 Å². The number of ether oxygens (including phenoxy) is 1. The zero-order chi connectivity index (χ0) is 16.3. The summed E-state index contributed by atoms with van der Waals surface area (Å²) in [5, 5.41) is 9.12. The van der Waals surface area contributed by atoms with Crippen LogP contribution in [-0.2, 0) is 14.3 Å². The van der Waals surface area contributed by atoms with E-state index < -0.39 is 17.9 Å². The minimum Gasteiger partial charge on any atom is -0.480 e. The van der Waals surface area contributed by atoms with Crippen molar-refractivity contribution in [2.24, 2.45) is 0 Å². The van der Waals surface area contributed by atoms with Crippen LogP contribution < -0.4 is 0 Å². The first-order chi connectivity index (χ1) is 10.4. The average molecular weight is 391 g/mol. The number of carbonyl (C=O) groups is 3. The van der Waals surface area contributed by atoms with Crippen molar-refractivity contribution >= 4 is 45.1 Å². The highest BCUT2D eigenvalue weighted by Gasteiger charge is 2.33. The Balaban J connectivity index is 2.00. The number of likely N-dealkylation sites (N-methyl/N-ethyl adjacent to an activating group) is 1. The number of nitrogens with zero attached hydrogens (tertiary/aromatic N) is 2. The number of hydrogen-bond donors (Lipinski definition) is 1. The van der Waals surface area contributed by atoms with Crippen LogP contribution in [0.5, 0.6) is 0 Å². The number of amides is 2. The van der Waals surface area contributed by atoms with E-state index in [1.165, 1.54) is 28.2 Å². The lowest BCUT2D eigenvalue weighted by atomic mass is 10.2. The number of hydrogen-bond acceptors (Lipinski definition) is 5. The summed E-state index contributed by atoms with van der Waals surface area (Å²) in [6.45, 7) is 0.308. The maximum absolute atomic E-state index is 12.3. The molecule has 22 heavy (non-hydrogen) atoms. The highest BCUT2D eigenvalue weighted by Crippen LogP contribution is 2.23. The van der Waals surface area contributed by atoms with Crippen LogP contribution in [-0.4, -0.2) is 72.1 Å². The summed E-state index contributed by atoms with van der Waals surface area (Å²) in [5.74, 6) is -1.78. The zero-order valence-electron chi connectivity index (χ0n) is 11.8. The van der Waals surface area contributed by atoms with Gasteiger partial charge in [0.2, 0.25) is 5.91 Å². The predicted molar refractivity (Wildman–Crippen MR) is 82.9 cm³/mol. The Kier molecular flexibility index (Phi) is 5.54. The fourth-order valence-corrected chi connectivity index (χ4v) is 3.47. The largest absolute Gasteiger partial charge is 0.480 e. The Labute approximate surface area is 139 Å². The normalized spacial score (nSPS) is 18.1. The van der Waals surface area contributed by atoms with E-state index in [1.54, 1.807) is 12.1 Å². The molecule has 1 unspecified atom stereocenters. The van der Waals surface area contributed by atoms with Gasteiger partial charge in [0.05, 0.1) is 28.4 Å². The Morgan fingerprint density at radius 3 is 2.82 bits per heavy atom. The maximum Gasteiger partial charge on any atom is 0.328 e. The van der Waals surface area contributed by atoms with Gasteiger partial charge < -0.3 is 19.6 Å². The van der Waals surface area contributed by atoms with Crippen molar-refractivity contribution in [3.63, 3.8) is 0 Å². The number of carboxylic acid groups (broad SMARTS) is 1. The summed E-state index contributed by atoms with van der Waals surface area (Å²) in [6.07, 6.45) is 0. The van der Waals surface area contributed by atoms with Gasteiger partial charge in [0.25, 0.3) is 5.91 Å². The predicted octanol–water partition coefficient (Wildman–Crippen LogP) is 0.895. The van der Waals surface area contributed by atoms with E-state index in [1.807, 2.05) is 0 Å². The number of rotatable bonds is 4. The molecule has 0 aromatic carbocycles. The van der Waals surface area contributed by atoms with Gasteiger partial charge in [-0.3, -0.25) is 9.59 Å². The number of thiophene rings is 1. The lowest BCUT2D eigenvalue weighted by molar-refractivity contribution is -0.158. The fourth-order valence-electron chi connectivity index (χ4n) is 2.09. The molecule has 120 valence electrons. The molecule has 2 rings (SSSR count). The number of aliphatic carboxylic acids is 1. The third-order valence-electron chi connectivity index (χ3n) is 3.24. The average Bonchev–Trinajstić information content (AvgIpc) is 2.92. The van der Waals surface area contributed by atoms with Crippen LogP contribution in [0.15, 0.2) is 15.9 Å². The second kappa shape index (κ2) is 7.21. The van der Waals surface area contributed by atoms with Gasteiger partial charge in [-0.2, -0.15) is 0 Å². The smallest absolute Gasteiger partial charge is 0.328 e. The third-order valence-corrected chi connectivity index (χ3v) is 4.85. The molecule has 0 aliphatic carbocycles. The third kappa shape index (κ3) is 3.84. The summed E-state index contributed by atoms with van der Waals surface area (Å²) in [7, 11) is 1.52. The Morgan fingerprint density at radius 2 is 2.23 bits per heavy atom. The van der Waals surface area contributed by atoms with Gasteiger partial charge in [-0.15, -0.1) is 11.3 Å². The van der Waals surface area contributed by atoms with Gasteiger partial charge >= 0.3 is 5.97 Å². The molecule has 2 heterocycles. The number of halogens is 1. The molecule has 7 nitrogen and oxygen atoms in total.